The van der Waals surface area contributed by atoms with Gasteiger partial charge in [0, 0.05) is 15.6 Å². The zero-order chi connectivity index (χ0) is 17.5. The van der Waals surface area contributed by atoms with Crippen LogP contribution in [0.5, 0.6) is 5.75 Å². The number of carbonyl (C=O) groups is 1. The van der Waals surface area contributed by atoms with Crippen LogP contribution < -0.4 is 4.74 Å². The first-order chi connectivity index (χ1) is 11.5. The van der Waals surface area contributed by atoms with Crippen LogP contribution in [0.1, 0.15) is 11.1 Å². The van der Waals surface area contributed by atoms with E-state index in [4.69, 9.17) is 37.9 Å². The van der Waals surface area contributed by atoms with Gasteiger partial charge < -0.3 is 9.47 Å². The number of rotatable bonds is 5. The van der Waals surface area contributed by atoms with Crippen LogP contribution in [0.4, 0.5) is 0 Å². The summed E-state index contributed by atoms with van der Waals surface area (Å²) in [6.45, 7) is -0.112. The Morgan fingerprint density at radius 2 is 1.79 bits per heavy atom. The summed E-state index contributed by atoms with van der Waals surface area (Å²) < 4.78 is 10.2. The van der Waals surface area contributed by atoms with Crippen molar-refractivity contribution in [2.24, 2.45) is 0 Å². The molecule has 0 saturated heterocycles. The summed E-state index contributed by atoms with van der Waals surface area (Å²) in [4.78, 5) is 12.1. The number of halogens is 2. The predicted octanol–water partition coefficient (Wildman–Crippen LogP) is 4.65. The number of carbonyl (C=O) groups excluding carboxylic acids is 1. The molecule has 0 spiro atoms. The molecule has 0 bridgehead atoms. The van der Waals surface area contributed by atoms with Crippen LogP contribution in [-0.2, 0) is 16.1 Å². The number of hydrogen-bond donors (Lipinski definition) is 0. The van der Waals surface area contributed by atoms with Crippen molar-refractivity contribution >= 4 is 35.2 Å². The van der Waals surface area contributed by atoms with E-state index in [9.17, 15) is 4.79 Å². The van der Waals surface area contributed by atoms with Crippen LogP contribution >= 0.6 is 23.2 Å². The van der Waals surface area contributed by atoms with Gasteiger partial charge in [-0.05, 0) is 35.9 Å². The highest BCUT2D eigenvalue weighted by molar-refractivity contribution is 6.35. The van der Waals surface area contributed by atoms with Crippen LogP contribution in [0.2, 0.25) is 10.0 Å². The normalized spacial score (nSPS) is 10.8. The molecule has 0 N–H and O–H groups in total. The van der Waals surface area contributed by atoms with Crippen LogP contribution in [-0.4, -0.2) is 13.1 Å². The van der Waals surface area contributed by atoms with E-state index in [-0.39, 0.29) is 12.2 Å². The van der Waals surface area contributed by atoms with Gasteiger partial charge >= 0.3 is 5.97 Å². The van der Waals surface area contributed by atoms with E-state index in [0.717, 1.165) is 0 Å². The molecule has 0 heterocycles. The van der Waals surface area contributed by atoms with E-state index >= 15 is 0 Å². The van der Waals surface area contributed by atoms with Crippen molar-refractivity contribution in [2.45, 2.75) is 6.61 Å². The van der Waals surface area contributed by atoms with Gasteiger partial charge in [-0.1, -0.05) is 41.4 Å². The monoisotopic (exact) mass is 361 g/mol. The van der Waals surface area contributed by atoms with Gasteiger partial charge in [-0.3, -0.25) is 0 Å². The summed E-state index contributed by atoms with van der Waals surface area (Å²) in [5.41, 5.74) is 1.05. The summed E-state index contributed by atoms with van der Waals surface area (Å²) in [5.74, 6) is -0.0640. The summed E-state index contributed by atoms with van der Waals surface area (Å²) in [5, 5.41) is 9.96. The lowest BCUT2D eigenvalue weighted by Crippen LogP contribution is -2.07. The first-order valence-corrected chi connectivity index (χ1v) is 7.66. The van der Waals surface area contributed by atoms with Crippen LogP contribution in [0.25, 0.3) is 6.08 Å². The molecule has 0 aliphatic rings. The lowest BCUT2D eigenvalue weighted by molar-refractivity contribution is -0.139. The molecule has 0 aliphatic carbocycles. The number of hydrogen-bond acceptors (Lipinski definition) is 4. The molecule has 2 rings (SSSR count). The fraction of sp³-hybridized carbons (Fsp3) is 0.111. The van der Waals surface area contributed by atoms with Crippen LogP contribution in [0.3, 0.4) is 0 Å². The van der Waals surface area contributed by atoms with Gasteiger partial charge in [-0.25, -0.2) is 4.79 Å². The number of benzene rings is 2. The topological polar surface area (TPSA) is 59.3 Å². The van der Waals surface area contributed by atoms with Crippen molar-refractivity contribution < 1.29 is 14.3 Å². The van der Waals surface area contributed by atoms with E-state index in [1.54, 1.807) is 49.6 Å². The Bertz CT molecular complexity index is 788. The third-order valence-electron chi connectivity index (χ3n) is 3.18. The smallest absolute Gasteiger partial charge is 0.349 e. The Labute approximate surface area is 149 Å². The molecular weight excluding hydrogens is 349 g/mol. The highest BCUT2D eigenvalue weighted by atomic mass is 35.5. The molecule has 0 unspecified atom stereocenters. The highest BCUT2D eigenvalue weighted by Gasteiger charge is 2.13. The molecule has 0 radical (unpaired) electrons. The average Bonchev–Trinajstić information content (AvgIpc) is 2.59. The first kappa shape index (κ1) is 17.9. The Morgan fingerprint density at radius 3 is 2.33 bits per heavy atom. The minimum absolute atomic E-state index is 0.112. The summed E-state index contributed by atoms with van der Waals surface area (Å²) in [7, 11) is 1.56. The fourth-order valence-electron chi connectivity index (χ4n) is 1.89. The number of nitriles is 1. The van der Waals surface area contributed by atoms with Crippen molar-refractivity contribution in [3.8, 4) is 11.8 Å². The summed E-state index contributed by atoms with van der Waals surface area (Å²) in [6, 6.07) is 13.7. The molecule has 24 heavy (non-hydrogen) atoms. The van der Waals surface area contributed by atoms with Gasteiger partial charge in [0.05, 0.1) is 7.11 Å². The first-order valence-electron chi connectivity index (χ1n) is 6.91. The molecular formula is C18H13Cl2NO3. The molecule has 0 fully saturated rings. The minimum atomic E-state index is -0.746. The van der Waals surface area contributed by atoms with E-state index in [2.05, 4.69) is 0 Å². The van der Waals surface area contributed by atoms with Crippen molar-refractivity contribution in [1.82, 2.24) is 0 Å². The van der Waals surface area contributed by atoms with E-state index < -0.39 is 5.97 Å². The van der Waals surface area contributed by atoms with Gasteiger partial charge in [-0.15, -0.1) is 0 Å². The molecule has 6 heteroatoms. The number of ether oxygens (including phenoxy) is 2. The van der Waals surface area contributed by atoms with E-state index in [1.165, 1.54) is 6.08 Å². The van der Waals surface area contributed by atoms with Gasteiger partial charge in [0.2, 0.25) is 0 Å². The molecule has 122 valence electrons. The number of methoxy groups -OCH3 is 1. The van der Waals surface area contributed by atoms with E-state index in [0.29, 0.717) is 26.9 Å². The molecule has 0 aromatic heterocycles. The second kappa shape index (κ2) is 8.39. The minimum Gasteiger partial charge on any atom is -0.497 e. The fourth-order valence-corrected chi connectivity index (χ4v) is 2.40. The maximum Gasteiger partial charge on any atom is 0.349 e. The van der Waals surface area contributed by atoms with Gasteiger partial charge in [-0.2, -0.15) is 5.26 Å². The third-order valence-corrected chi connectivity index (χ3v) is 3.88. The van der Waals surface area contributed by atoms with Crippen molar-refractivity contribution in [3.05, 3.63) is 69.2 Å². The summed E-state index contributed by atoms with van der Waals surface area (Å²) >= 11 is 12.0. The molecule has 0 amide bonds. The Hall–Kier alpha value is -2.48. The van der Waals surface area contributed by atoms with Crippen molar-refractivity contribution in [1.29, 1.82) is 5.26 Å². The van der Waals surface area contributed by atoms with Gasteiger partial charge in [0.15, 0.2) is 0 Å². The predicted molar refractivity (Wildman–Crippen MR) is 92.8 cm³/mol. The molecule has 2 aromatic carbocycles. The van der Waals surface area contributed by atoms with Crippen molar-refractivity contribution in [3.63, 3.8) is 0 Å². The average molecular weight is 362 g/mol. The maximum absolute atomic E-state index is 12.1. The van der Waals surface area contributed by atoms with E-state index in [1.807, 2.05) is 6.07 Å². The molecule has 0 aliphatic heterocycles. The van der Waals surface area contributed by atoms with Crippen LogP contribution in [0.15, 0.2) is 48.0 Å². The largest absolute Gasteiger partial charge is 0.497 e. The molecule has 4 nitrogen and oxygen atoms in total. The third kappa shape index (κ3) is 4.51. The molecule has 0 atom stereocenters. The lowest BCUT2D eigenvalue weighted by atomic mass is 10.1. The standard InChI is InChI=1S/C18H13Cl2NO3/c1-23-14-7-5-12(6-8-14)9-13(10-21)18(22)24-11-15-16(19)3-2-4-17(15)20/h2-9H,11H2,1H3. The van der Waals surface area contributed by atoms with Crippen LogP contribution in [0, 0.1) is 11.3 Å². The highest BCUT2D eigenvalue weighted by Crippen LogP contribution is 2.25. The SMILES string of the molecule is COc1ccc(C=C(C#N)C(=O)OCc2c(Cl)cccc2Cl)cc1. The zero-order valence-corrected chi connectivity index (χ0v) is 14.3. The second-order valence-electron chi connectivity index (χ2n) is 4.72. The zero-order valence-electron chi connectivity index (χ0n) is 12.8. The second-order valence-corrected chi connectivity index (χ2v) is 5.53. The quantitative estimate of drug-likeness (QED) is 0.441. The van der Waals surface area contributed by atoms with Gasteiger partial charge in [0.1, 0.15) is 24.0 Å². The van der Waals surface area contributed by atoms with Gasteiger partial charge in [0.25, 0.3) is 0 Å². The Balaban J connectivity index is 2.11. The number of nitrogens with zero attached hydrogens (tertiary/aromatic N) is 1. The Morgan fingerprint density at radius 1 is 1.17 bits per heavy atom. The maximum atomic E-state index is 12.1. The summed E-state index contributed by atoms with van der Waals surface area (Å²) in [6.07, 6.45) is 1.44. The lowest BCUT2D eigenvalue weighted by Gasteiger charge is -2.08. The molecule has 0 saturated carbocycles. The number of esters is 1. The van der Waals surface area contributed by atoms with Crippen molar-refractivity contribution in [2.75, 3.05) is 7.11 Å². The Kier molecular flexibility index (Phi) is 6.25. The molecule has 2 aromatic rings.